The van der Waals surface area contributed by atoms with Gasteiger partial charge in [-0.1, -0.05) is 157 Å². The van der Waals surface area contributed by atoms with Crippen LogP contribution in [0.4, 0.5) is 5.13 Å². The van der Waals surface area contributed by atoms with Gasteiger partial charge in [0, 0.05) is 44.7 Å². The molecule has 4 heterocycles. The molecule has 0 spiro atoms. The van der Waals surface area contributed by atoms with Crippen molar-refractivity contribution in [2.24, 2.45) is 5.16 Å². The topological polar surface area (TPSA) is 162 Å². The molecule has 2 atom stereocenters. The highest BCUT2D eigenvalue weighted by molar-refractivity contribution is 8.05. The summed E-state index contributed by atoms with van der Waals surface area (Å²) < 4.78 is 6.35. The van der Waals surface area contributed by atoms with E-state index in [2.05, 4.69) is 25.4 Å². The number of nitrogen functional groups attached to an aromatic ring is 1. The van der Waals surface area contributed by atoms with Crippen LogP contribution < -0.4 is 11.1 Å². The SMILES string of the molecule is Nc1nc(/C(=N\OC(c2ccccc2)(c2ccccc2)c2ccccc2)C(=O)N[C@@H]2C(=O)N3C(C(=O)OC(c4ccccc4)c4ccccc4)=C(SCc4ccncn4)CS[C@H]23)cs1. The molecule has 0 radical (unpaired) electrons. The summed E-state index contributed by atoms with van der Waals surface area (Å²) in [5.74, 6) is -1.08. The molecular weight excluding hydrogens is 863 g/mol. The molecule has 3 N–H and O–H groups in total. The molecule has 12 nitrogen and oxygen atoms in total. The van der Waals surface area contributed by atoms with E-state index in [4.69, 9.17) is 15.3 Å². The normalized spacial score (nSPS) is 16.2. The molecule has 5 aromatic carbocycles. The Hall–Kier alpha value is -7.07. The molecule has 64 heavy (non-hydrogen) atoms. The molecule has 2 aliphatic heterocycles. The van der Waals surface area contributed by atoms with Crippen molar-refractivity contribution in [3.8, 4) is 0 Å². The molecule has 0 aliphatic carbocycles. The molecule has 1 saturated heterocycles. The number of carbonyl (C=O) groups excluding carboxylic acids is 3. The number of fused-ring (bicyclic) bond motifs is 1. The van der Waals surface area contributed by atoms with Crippen LogP contribution in [-0.2, 0) is 35.3 Å². The highest BCUT2D eigenvalue weighted by Gasteiger charge is 2.55. The van der Waals surface area contributed by atoms with E-state index in [1.807, 2.05) is 152 Å². The second kappa shape index (κ2) is 19.1. The van der Waals surface area contributed by atoms with Crippen LogP contribution in [-0.4, -0.2) is 60.5 Å². The van der Waals surface area contributed by atoms with Crippen LogP contribution in [0.1, 0.15) is 45.3 Å². The zero-order chi connectivity index (χ0) is 43.9. The molecule has 0 saturated carbocycles. The molecule has 7 aromatic rings. The molecule has 9 rings (SSSR count). The molecule has 0 unspecified atom stereocenters. The minimum Gasteiger partial charge on any atom is -0.448 e. The number of amides is 2. The van der Waals surface area contributed by atoms with Gasteiger partial charge >= 0.3 is 5.97 Å². The number of thiazole rings is 1. The number of aromatic nitrogens is 3. The summed E-state index contributed by atoms with van der Waals surface area (Å²) in [5, 5.41) is 8.72. The number of rotatable bonds is 15. The zero-order valence-corrected chi connectivity index (χ0v) is 36.4. The van der Waals surface area contributed by atoms with Gasteiger partial charge in [0.25, 0.3) is 11.8 Å². The average Bonchev–Trinajstić information content (AvgIpc) is 3.79. The number of nitrogens with zero attached hydrogens (tertiary/aromatic N) is 5. The first kappa shape index (κ1) is 42.2. The van der Waals surface area contributed by atoms with E-state index in [9.17, 15) is 14.4 Å². The van der Waals surface area contributed by atoms with E-state index in [1.54, 1.807) is 17.6 Å². The van der Waals surface area contributed by atoms with Gasteiger partial charge < -0.3 is 20.6 Å². The van der Waals surface area contributed by atoms with Crippen LogP contribution in [0.5, 0.6) is 0 Å². The summed E-state index contributed by atoms with van der Waals surface area (Å²) in [6.07, 6.45) is 2.37. The molecular formula is C49H39N7O5S3. The maximum Gasteiger partial charge on any atom is 0.356 e. The Kier molecular flexibility index (Phi) is 12.6. The maximum absolute atomic E-state index is 14.6. The quantitative estimate of drug-likeness (QED) is 0.0336. The largest absolute Gasteiger partial charge is 0.448 e. The fourth-order valence-corrected chi connectivity index (χ4v) is 10.7. The van der Waals surface area contributed by atoms with Crippen LogP contribution in [0.15, 0.2) is 191 Å². The van der Waals surface area contributed by atoms with Gasteiger partial charge in [0.2, 0.25) is 5.60 Å². The number of nitrogens with two attached hydrogens (primary N) is 1. The summed E-state index contributed by atoms with van der Waals surface area (Å²) in [6.45, 7) is 0. The minimum atomic E-state index is -1.31. The summed E-state index contributed by atoms with van der Waals surface area (Å²) in [6, 6.07) is 48.5. The Morgan fingerprint density at radius 1 is 0.828 bits per heavy atom. The maximum atomic E-state index is 14.6. The van der Waals surface area contributed by atoms with E-state index < -0.39 is 40.9 Å². The van der Waals surface area contributed by atoms with Gasteiger partial charge in [-0.05, 0) is 17.2 Å². The predicted octanol–water partition coefficient (Wildman–Crippen LogP) is 8.11. The molecule has 2 aliphatic rings. The highest BCUT2D eigenvalue weighted by atomic mass is 32.2. The Bertz CT molecular complexity index is 2660. The summed E-state index contributed by atoms with van der Waals surface area (Å²) >= 11 is 3.97. The third-order valence-corrected chi connectivity index (χ3v) is 13.9. The summed E-state index contributed by atoms with van der Waals surface area (Å²) in [5.41, 5.74) is 9.49. The van der Waals surface area contributed by atoms with E-state index in [-0.39, 0.29) is 22.2 Å². The van der Waals surface area contributed by atoms with Crippen molar-refractivity contribution in [3.63, 3.8) is 0 Å². The smallest absolute Gasteiger partial charge is 0.356 e. The third-order valence-electron chi connectivity index (χ3n) is 10.7. The van der Waals surface area contributed by atoms with Gasteiger partial charge in [-0.3, -0.25) is 14.5 Å². The number of carbonyl (C=O) groups is 3. The van der Waals surface area contributed by atoms with Crippen molar-refractivity contribution in [1.82, 2.24) is 25.2 Å². The van der Waals surface area contributed by atoms with Gasteiger partial charge in [-0.2, -0.15) is 0 Å². The number of hydrogen-bond donors (Lipinski definition) is 2. The third kappa shape index (κ3) is 8.65. The molecule has 15 heteroatoms. The van der Waals surface area contributed by atoms with Gasteiger partial charge in [0.15, 0.2) is 16.9 Å². The monoisotopic (exact) mass is 901 g/mol. The molecule has 2 aromatic heterocycles. The van der Waals surface area contributed by atoms with Gasteiger partial charge in [-0.15, -0.1) is 34.9 Å². The van der Waals surface area contributed by atoms with Crippen molar-refractivity contribution in [1.29, 1.82) is 0 Å². The number of nitrogens with one attached hydrogen (secondary N) is 1. The standard InChI is InChI=1S/C49H39N7O5S3/c50-48-53-38(29-64-48)40(55-61-49(34-20-10-3-11-21-34,35-22-12-4-13-23-35)36-24-14-5-15-25-36)44(57)54-41-45(58)56-42(39(30-63-46(41)56)62-28-37-26-27-51-31-52-37)47(59)60-43(32-16-6-1-7-17-32)33-18-8-2-9-19-33/h1-27,29,31,41,43,46H,28,30H2,(H2,50,53)(H,54,57)/b55-40+/t41-,46-/m1/s1. The Morgan fingerprint density at radius 3 is 1.91 bits per heavy atom. The summed E-state index contributed by atoms with van der Waals surface area (Å²) in [7, 11) is 0. The average molecular weight is 902 g/mol. The Balaban J connectivity index is 1.04. The minimum absolute atomic E-state index is 0.123. The van der Waals surface area contributed by atoms with Crippen LogP contribution in [0, 0.1) is 0 Å². The van der Waals surface area contributed by atoms with Gasteiger partial charge in [0.1, 0.15) is 29.1 Å². The number of thioether (sulfide) groups is 2. The Morgan fingerprint density at radius 2 is 1.39 bits per heavy atom. The fraction of sp³-hybridized carbons (Fsp3) is 0.122. The fourth-order valence-electron chi connectivity index (χ4n) is 7.60. The van der Waals surface area contributed by atoms with Crippen molar-refractivity contribution < 1.29 is 24.0 Å². The highest BCUT2D eigenvalue weighted by Crippen LogP contribution is 2.45. The van der Waals surface area contributed by atoms with Crippen LogP contribution in [0.3, 0.4) is 0 Å². The first-order valence-electron chi connectivity index (χ1n) is 20.2. The molecule has 2 amide bonds. The lowest BCUT2D eigenvalue weighted by atomic mass is 9.80. The molecule has 1 fully saturated rings. The van der Waals surface area contributed by atoms with E-state index in [0.717, 1.165) is 44.8 Å². The van der Waals surface area contributed by atoms with Crippen LogP contribution >= 0.6 is 34.9 Å². The lowest BCUT2D eigenvalue weighted by molar-refractivity contribution is -0.154. The number of hydrogen-bond acceptors (Lipinski definition) is 13. The lowest BCUT2D eigenvalue weighted by Crippen LogP contribution is -2.71. The number of esters is 1. The van der Waals surface area contributed by atoms with Crippen LogP contribution in [0.2, 0.25) is 0 Å². The number of anilines is 1. The molecule has 0 bridgehead atoms. The van der Waals surface area contributed by atoms with Crippen molar-refractivity contribution in [2.45, 2.75) is 28.9 Å². The number of ether oxygens (including phenoxy) is 1. The number of benzene rings is 5. The second-order valence-electron chi connectivity index (χ2n) is 14.6. The van der Waals surface area contributed by atoms with Crippen molar-refractivity contribution in [3.05, 3.63) is 225 Å². The van der Waals surface area contributed by atoms with E-state index in [0.29, 0.717) is 16.4 Å². The first-order valence-corrected chi connectivity index (χ1v) is 23.1. The van der Waals surface area contributed by atoms with Crippen LogP contribution in [0.25, 0.3) is 0 Å². The van der Waals surface area contributed by atoms with Crippen molar-refractivity contribution >= 4 is 63.5 Å². The number of β-lactam (4-membered cyclic amide) rings is 1. The first-order chi connectivity index (χ1) is 31.4. The zero-order valence-electron chi connectivity index (χ0n) is 34.0. The summed E-state index contributed by atoms with van der Waals surface area (Å²) in [4.78, 5) is 65.2. The van der Waals surface area contributed by atoms with E-state index in [1.165, 1.54) is 34.8 Å². The second-order valence-corrected chi connectivity index (χ2v) is 17.7. The van der Waals surface area contributed by atoms with Crippen molar-refractivity contribution in [2.75, 3.05) is 11.5 Å². The lowest BCUT2D eigenvalue weighted by Gasteiger charge is -2.49. The Labute approximate surface area is 381 Å². The molecule has 318 valence electrons. The number of oxime groups is 1. The predicted molar refractivity (Wildman–Crippen MR) is 250 cm³/mol. The van der Waals surface area contributed by atoms with Gasteiger partial charge in [0.05, 0.1) is 5.69 Å². The van der Waals surface area contributed by atoms with Gasteiger partial charge in [-0.25, -0.2) is 19.7 Å². The van der Waals surface area contributed by atoms with E-state index >= 15 is 0 Å².